The van der Waals surface area contributed by atoms with Gasteiger partial charge >= 0.3 is 0 Å². The molecule has 0 spiro atoms. The number of nitrogens with zero attached hydrogens (tertiary/aromatic N) is 1. The van der Waals surface area contributed by atoms with Crippen LogP contribution in [-0.4, -0.2) is 34.1 Å². The van der Waals surface area contributed by atoms with Crippen LogP contribution in [0.2, 0.25) is 0 Å². The van der Waals surface area contributed by atoms with E-state index in [1.54, 1.807) is 30.3 Å². The molecule has 0 aromatic heterocycles. The maximum atomic E-state index is 12.8. The Balaban J connectivity index is 1.96. The highest BCUT2D eigenvalue weighted by Gasteiger charge is 2.25. The molecule has 2 aromatic carbocycles. The van der Waals surface area contributed by atoms with Gasteiger partial charge in [-0.15, -0.1) is 0 Å². The molecule has 0 radical (unpaired) electrons. The zero-order valence-corrected chi connectivity index (χ0v) is 15.4. The molecule has 3 rings (SSSR count). The Morgan fingerprint density at radius 1 is 1.27 bits per heavy atom. The van der Waals surface area contributed by atoms with Crippen molar-refractivity contribution in [2.75, 3.05) is 29.4 Å². The first-order chi connectivity index (χ1) is 12.4. The highest BCUT2D eigenvalue weighted by molar-refractivity contribution is 7.92. The number of benzene rings is 2. The number of rotatable bonds is 5. The van der Waals surface area contributed by atoms with Crippen LogP contribution in [-0.2, 0) is 14.8 Å². The summed E-state index contributed by atoms with van der Waals surface area (Å²) >= 11 is 0. The zero-order chi connectivity index (χ0) is 18.7. The summed E-state index contributed by atoms with van der Waals surface area (Å²) in [5.74, 6) is 0.768. The second kappa shape index (κ2) is 7.25. The number of anilines is 2. The fourth-order valence-electron chi connectivity index (χ4n) is 2.73. The van der Waals surface area contributed by atoms with Crippen molar-refractivity contribution in [1.82, 2.24) is 0 Å². The van der Waals surface area contributed by atoms with Crippen LogP contribution in [0.15, 0.2) is 47.4 Å². The van der Waals surface area contributed by atoms with E-state index in [0.29, 0.717) is 42.6 Å². The van der Waals surface area contributed by atoms with Gasteiger partial charge in [0.2, 0.25) is 5.91 Å². The molecule has 0 bridgehead atoms. The van der Waals surface area contributed by atoms with E-state index >= 15 is 0 Å². The monoisotopic (exact) mass is 376 g/mol. The lowest BCUT2D eigenvalue weighted by Gasteiger charge is -2.29. The Hall–Kier alpha value is -2.74. The average molecular weight is 376 g/mol. The Bertz CT molecular complexity index is 927. The van der Waals surface area contributed by atoms with Gasteiger partial charge in [0.15, 0.2) is 0 Å². The topological polar surface area (TPSA) is 84.9 Å². The molecule has 1 aliphatic heterocycles. The number of fused-ring (bicyclic) bond motifs is 1. The number of hydrogen-bond acceptors (Lipinski definition) is 5. The van der Waals surface area contributed by atoms with Crippen LogP contribution in [0, 0.1) is 0 Å². The minimum Gasteiger partial charge on any atom is -0.492 e. The van der Waals surface area contributed by atoms with Gasteiger partial charge in [0, 0.05) is 6.92 Å². The largest absolute Gasteiger partial charge is 0.492 e. The summed E-state index contributed by atoms with van der Waals surface area (Å²) in [7, 11) is -3.86. The molecule has 1 heterocycles. The van der Waals surface area contributed by atoms with Crippen LogP contribution in [0.5, 0.6) is 11.5 Å². The van der Waals surface area contributed by atoms with Crippen LogP contribution in [0.3, 0.4) is 0 Å². The molecule has 1 amide bonds. The lowest BCUT2D eigenvalue weighted by Crippen LogP contribution is -2.36. The van der Waals surface area contributed by atoms with Gasteiger partial charge in [-0.3, -0.25) is 9.52 Å². The molecule has 0 aliphatic carbocycles. The number of amides is 1. The standard InChI is InChI=1S/C18H20N2O5S/c1-3-24-17-7-5-4-6-15(17)19-26(22,23)14-8-9-18-16(12-14)20(13(2)21)10-11-25-18/h4-9,12,19H,3,10-11H2,1-2H3. The molecule has 0 atom stereocenters. The molecule has 26 heavy (non-hydrogen) atoms. The minimum absolute atomic E-state index is 0.0410. The third-order valence-corrected chi connectivity index (χ3v) is 5.28. The van der Waals surface area contributed by atoms with E-state index in [9.17, 15) is 13.2 Å². The number of nitrogens with one attached hydrogen (secondary N) is 1. The van der Waals surface area contributed by atoms with Gasteiger partial charge in [0.25, 0.3) is 10.0 Å². The van der Waals surface area contributed by atoms with E-state index in [-0.39, 0.29) is 10.8 Å². The fraction of sp³-hybridized carbons (Fsp3) is 0.278. The maximum absolute atomic E-state index is 12.8. The van der Waals surface area contributed by atoms with Gasteiger partial charge in [0.05, 0.1) is 29.4 Å². The van der Waals surface area contributed by atoms with Crippen LogP contribution >= 0.6 is 0 Å². The maximum Gasteiger partial charge on any atom is 0.262 e. The van der Waals surface area contributed by atoms with E-state index in [1.165, 1.54) is 24.0 Å². The predicted molar refractivity (Wildman–Crippen MR) is 98.4 cm³/mol. The molecule has 0 unspecified atom stereocenters. The van der Waals surface area contributed by atoms with Gasteiger partial charge in [-0.1, -0.05) is 12.1 Å². The number of para-hydroxylation sites is 2. The first kappa shape index (κ1) is 18.1. The summed E-state index contributed by atoms with van der Waals surface area (Å²) in [6.07, 6.45) is 0. The second-order valence-corrected chi connectivity index (χ2v) is 7.37. The summed E-state index contributed by atoms with van der Waals surface area (Å²) in [5, 5.41) is 0. The van der Waals surface area contributed by atoms with E-state index in [4.69, 9.17) is 9.47 Å². The van der Waals surface area contributed by atoms with Crippen LogP contribution < -0.4 is 19.1 Å². The number of carbonyl (C=O) groups is 1. The summed E-state index contributed by atoms with van der Waals surface area (Å²) < 4.78 is 39.1. The molecule has 8 heteroatoms. The van der Waals surface area contributed by atoms with Crippen molar-refractivity contribution in [2.24, 2.45) is 0 Å². The first-order valence-electron chi connectivity index (χ1n) is 8.22. The summed E-state index contributed by atoms with van der Waals surface area (Å²) in [4.78, 5) is 13.4. The Morgan fingerprint density at radius 2 is 2.04 bits per heavy atom. The van der Waals surface area contributed by atoms with Crippen molar-refractivity contribution in [3.05, 3.63) is 42.5 Å². The fourth-order valence-corrected chi connectivity index (χ4v) is 3.82. The molecule has 0 fully saturated rings. The number of ether oxygens (including phenoxy) is 2. The van der Waals surface area contributed by atoms with E-state index in [1.807, 2.05) is 6.92 Å². The smallest absolute Gasteiger partial charge is 0.262 e. The van der Waals surface area contributed by atoms with Gasteiger partial charge < -0.3 is 14.4 Å². The molecular weight excluding hydrogens is 356 g/mol. The van der Waals surface area contributed by atoms with Crippen LogP contribution in [0.4, 0.5) is 11.4 Å². The van der Waals surface area contributed by atoms with Crippen molar-refractivity contribution in [1.29, 1.82) is 0 Å². The third-order valence-electron chi connectivity index (χ3n) is 3.92. The SMILES string of the molecule is CCOc1ccccc1NS(=O)(=O)c1ccc2c(c1)N(C(C)=O)CCO2. The minimum atomic E-state index is -3.86. The van der Waals surface area contributed by atoms with E-state index in [2.05, 4.69) is 4.72 Å². The number of carbonyl (C=O) groups excluding carboxylic acids is 1. The molecule has 138 valence electrons. The summed E-state index contributed by atoms with van der Waals surface area (Å²) in [5.41, 5.74) is 0.802. The molecule has 7 nitrogen and oxygen atoms in total. The highest BCUT2D eigenvalue weighted by atomic mass is 32.2. The molecular formula is C18H20N2O5S. The zero-order valence-electron chi connectivity index (χ0n) is 14.6. The molecule has 2 aromatic rings. The molecule has 1 N–H and O–H groups in total. The van der Waals surface area contributed by atoms with Gasteiger partial charge in [-0.25, -0.2) is 8.42 Å². The van der Waals surface area contributed by atoms with Gasteiger partial charge in [-0.2, -0.15) is 0 Å². The van der Waals surface area contributed by atoms with Crippen molar-refractivity contribution in [3.8, 4) is 11.5 Å². The number of sulfonamides is 1. The van der Waals surface area contributed by atoms with Gasteiger partial charge in [-0.05, 0) is 37.3 Å². The normalized spacial score (nSPS) is 13.5. The molecule has 0 saturated carbocycles. The number of hydrogen-bond donors (Lipinski definition) is 1. The second-order valence-electron chi connectivity index (χ2n) is 5.68. The third kappa shape index (κ3) is 3.60. The molecule has 1 aliphatic rings. The Kier molecular flexibility index (Phi) is 5.03. The summed E-state index contributed by atoms with van der Waals surface area (Å²) in [6, 6.07) is 11.3. The van der Waals surface area contributed by atoms with Crippen LogP contribution in [0.25, 0.3) is 0 Å². The quantitative estimate of drug-likeness (QED) is 0.867. The van der Waals surface area contributed by atoms with Crippen molar-refractivity contribution < 1.29 is 22.7 Å². The molecule has 0 saturated heterocycles. The van der Waals surface area contributed by atoms with Gasteiger partial charge in [0.1, 0.15) is 18.1 Å². The lowest BCUT2D eigenvalue weighted by atomic mass is 10.2. The van der Waals surface area contributed by atoms with Crippen molar-refractivity contribution in [2.45, 2.75) is 18.7 Å². The highest BCUT2D eigenvalue weighted by Crippen LogP contribution is 2.35. The van der Waals surface area contributed by atoms with E-state index in [0.717, 1.165) is 0 Å². The van der Waals surface area contributed by atoms with Crippen LogP contribution in [0.1, 0.15) is 13.8 Å². The van der Waals surface area contributed by atoms with E-state index < -0.39 is 10.0 Å². The average Bonchev–Trinajstić information content (AvgIpc) is 2.62. The summed E-state index contributed by atoms with van der Waals surface area (Å²) in [6.45, 7) is 4.44. The Labute approximate surface area is 152 Å². The first-order valence-corrected chi connectivity index (χ1v) is 9.70. The Morgan fingerprint density at radius 3 is 2.77 bits per heavy atom. The lowest BCUT2D eigenvalue weighted by molar-refractivity contribution is -0.116. The van der Waals surface area contributed by atoms with Crippen molar-refractivity contribution >= 4 is 27.3 Å². The predicted octanol–water partition coefficient (Wildman–Crippen LogP) is 2.63. The van der Waals surface area contributed by atoms with Crippen molar-refractivity contribution in [3.63, 3.8) is 0 Å².